The van der Waals surface area contributed by atoms with Gasteiger partial charge in [-0.2, -0.15) is 0 Å². The van der Waals surface area contributed by atoms with Gasteiger partial charge in [-0.25, -0.2) is 4.99 Å². The average Bonchev–Trinajstić information content (AvgIpc) is 2.51. The third-order valence-electron chi connectivity index (χ3n) is 3.17. The SMILES string of the molecule is COc1ccccc1N=C(OCc1ccccc1)C(C)(C)C. The molecule has 0 fully saturated rings. The van der Waals surface area contributed by atoms with E-state index in [4.69, 9.17) is 9.47 Å². The Morgan fingerprint density at radius 2 is 1.59 bits per heavy atom. The number of rotatable bonds is 4. The van der Waals surface area contributed by atoms with Crippen LogP contribution in [0.4, 0.5) is 5.69 Å². The standard InChI is InChI=1S/C19H23NO2/c1-19(2,3)18(22-14-15-10-6-5-7-11-15)20-16-12-8-9-13-17(16)21-4/h5-13H,14H2,1-4H3. The van der Waals surface area contributed by atoms with E-state index in [0.717, 1.165) is 17.0 Å². The van der Waals surface area contributed by atoms with Crippen LogP contribution in [0.3, 0.4) is 0 Å². The molecule has 0 amide bonds. The highest BCUT2D eigenvalue weighted by molar-refractivity contribution is 5.85. The number of hydrogen-bond acceptors (Lipinski definition) is 3. The molecule has 0 heterocycles. The molecule has 0 atom stereocenters. The molecule has 3 nitrogen and oxygen atoms in total. The van der Waals surface area contributed by atoms with Crippen LogP contribution in [0.15, 0.2) is 59.6 Å². The third kappa shape index (κ3) is 4.35. The lowest BCUT2D eigenvalue weighted by Crippen LogP contribution is -2.23. The second-order valence-electron chi connectivity index (χ2n) is 6.11. The largest absolute Gasteiger partial charge is 0.494 e. The van der Waals surface area contributed by atoms with Gasteiger partial charge in [-0.05, 0) is 17.7 Å². The van der Waals surface area contributed by atoms with Crippen LogP contribution in [-0.4, -0.2) is 13.0 Å². The number of ether oxygens (including phenoxy) is 2. The number of nitrogens with zero attached hydrogens (tertiary/aromatic N) is 1. The highest BCUT2D eigenvalue weighted by atomic mass is 16.5. The van der Waals surface area contributed by atoms with Crippen molar-refractivity contribution in [2.24, 2.45) is 10.4 Å². The van der Waals surface area contributed by atoms with Crippen LogP contribution in [0.25, 0.3) is 0 Å². The predicted octanol–water partition coefficient (Wildman–Crippen LogP) is 4.99. The van der Waals surface area contributed by atoms with Crippen LogP contribution in [0.2, 0.25) is 0 Å². The van der Waals surface area contributed by atoms with E-state index >= 15 is 0 Å². The molecular weight excluding hydrogens is 274 g/mol. The van der Waals surface area contributed by atoms with Crippen LogP contribution in [0, 0.1) is 5.41 Å². The lowest BCUT2D eigenvalue weighted by Gasteiger charge is -2.22. The molecule has 0 aliphatic rings. The number of benzene rings is 2. The number of methoxy groups -OCH3 is 1. The maximum absolute atomic E-state index is 5.99. The van der Waals surface area contributed by atoms with E-state index in [0.29, 0.717) is 12.5 Å². The van der Waals surface area contributed by atoms with Crippen LogP contribution in [0.1, 0.15) is 26.3 Å². The van der Waals surface area contributed by atoms with Crippen LogP contribution in [-0.2, 0) is 11.3 Å². The molecule has 0 saturated carbocycles. The van der Waals surface area contributed by atoms with Crippen molar-refractivity contribution < 1.29 is 9.47 Å². The van der Waals surface area contributed by atoms with Crippen molar-refractivity contribution >= 4 is 11.6 Å². The van der Waals surface area contributed by atoms with Gasteiger partial charge >= 0.3 is 0 Å². The number of para-hydroxylation sites is 2. The summed E-state index contributed by atoms with van der Waals surface area (Å²) >= 11 is 0. The Hall–Kier alpha value is -2.29. The van der Waals surface area contributed by atoms with Crippen molar-refractivity contribution in [3.8, 4) is 5.75 Å². The van der Waals surface area contributed by atoms with Gasteiger partial charge in [0.2, 0.25) is 0 Å². The summed E-state index contributed by atoms with van der Waals surface area (Å²) in [6, 6.07) is 17.8. The Balaban J connectivity index is 2.25. The highest BCUT2D eigenvalue weighted by Crippen LogP contribution is 2.29. The van der Waals surface area contributed by atoms with Crippen LogP contribution < -0.4 is 4.74 Å². The second kappa shape index (κ2) is 7.12. The summed E-state index contributed by atoms with van der Waals surface area (Å²) in [6.45, 7) is 6.77. The van der Waals surface area contributed by atoms with E-state index in [1.807, 2.05) is 54.6 Å². The molecule has 0 aromatic heterocycles. The van der Waals surface area contributed by atoms with Crippen molar-refractivity contribution in [2.75, 3.05) is 7.11 Å². The number of hydrogen-bond donors (Lipinski definition) is 0. The van der Waals surface area contributed by atoms with Crippen LogP contribution in [0.5, 0.6) is 5.75 Å². The molecule has 0 unspecified atom stereocenters. The first-order valence-corrected chi connectivity index (χ1v) is 7.39. The summed E-state index contributed by atoms with van der Waals surface area (Å²) in [6.07, 6.45) is 0. The van der Waals surface area contributed by atoms with Crippen molar-refractivity contribution in [2.45, 2.75) is 27.4 Å². The van der Waals surface area contributed by atoms with Gasteiger partial charge in [-0.1, -0.05) is 63.2 Å². The zero-order valence-corrected chi connectivity index (χ0v) is 13.7. The Morgan fingerprint density at radius 1 is 0.955 bits per heavy atom. The van der Waals surface area contributed by atoms with Gasteiger partial charge in [0.15, 0.2) is 5.90 Å². The van der Waals surface area contributed by atoms with Gasteiger partial charge in [-0.15, -0.1) is 0 Å². The van der Waals surface area contributed by atoms with Gasteiger partial charge in [0, 0.05) is 5.41 Å². The van der Waals surface area contributed by atoms with E-state index in [2.05, 4.69) is 25.8 Å². The average molecular weight is 297 g/mol. The number of aliphatic imine (C=N–C) groups is 1. The van der Waals surface area contributed by atoms with E-state index in [9.17, 15) is 0 Å². The van der Waals surface area contributed by atoms with Crippen molar-refractivity contribution in [1.82, 2.24) is 0 Å². The molecule has 0 bridgehead atoms. The first kappa shape index (κ1) is 16.1. The van der Waals surface area contributed by atoms with Crippen molar-refractivity contribution in [3.05, 3.63) is 60.2 Å². The molecule has 0 radical (unpaired) electrons. The van der Waals surface area contributed by atoms with Gasteiger partial charge in [0.25, 0.3) is 0 Å². The molecule has 116 valence electrons. The third-order valence-corrected chi connectivity index (χ3v) is 3.17. The minimum Gasteiger partial charge on any atom is -0.494 e. The molecule has 2 aromatic carbocycles. The molecule has 0 aliphatic heterocycles. The fraction of sp³-hybridized carbons (Fsp3) is 0.316. The summed E-state index contributed by atoms with van der Waals surface area (Å²) in [5, 5.41) is 0. The summed E-state index contributed by atoms with van der Waals surface area (Å²) in [5.41, 5.74) is 1.72. The molecule has 0 aliphatic carbocycles. The zero-order chi connectivity index (χ0) is 16.0. The summed E-state index contributed by atoms with van der Waals surface area (Å²) < 4.78 is 11.3. The lowest BCUT2D eigenvalue weighted by atomic mass is 9.96. The molecule has 0 N–H and O–H groups in total. The topological polar surface area (TPSA) is 30.8 Å². The highest BCUT2D eigenvalue weighted by Gasteiger charge is 2.21. The lowest BCUT2D eigenvalue weighted by molar-refractivity contribution is 0.251. The first-order chi connectivity index (χ1) is 10.5. The fourth-order valence-corrected chi connectivity index (χ4v) is 1.97. The smallest absolute Gasteiger partial charge is 0.194 e. The Labute approximate surface area is 132 Å². The summed E-state index contributed by atoms with van der Waals surface area (Å²) in [7, 11) is 1.65. The molecule has 0 spiro atoms. The monoisotopic (exact) mass is 297 g/mol. The molecule has 2 rings (SSSR count). The zero-order valence-electron chi connectivity index (χ0n) is 13.7. The minimum absolute atomic E-state index is 0.185. The van der Waals surface area contributed by atoms with Gasteiger partial charge < -0.3 is 9.47 Å². The Kier molecular flexibility index (Phi) is 5.21. The van der Waals surface area contributed by atoms with Gasteiger partial charge in [0.05, 0.1) is 7.11 Å². The minimum atomic E-state index is -0.185. The van der Waals surface area contributed by atoms with E-state index in [1.54, 1.807) is 7.11 Å². The normalized spacial score (nSPS) is 12.1. The predicted molar refractivity (Wildman–Crippen MR) is 90.8 cm³/mol. The quantitative estimate of drug-likeness (QED) is 0.588. The molecular formula is C19H23NO2. The van der Waals surface area contributed by atoms with Gasteiger partial charge in [0.1, 0.15) is 18.0 Å². The summed E-state index contributed by atoms with van der Waals surface area (Å²) in [4.78, 5) is 4.69. The Bertz CT molecular complexity index is 627. The second-order valence-corrected chi connectivity index (χ2v) is 6.11. The maximum atomic E-state index is 5.99. The summed E-state index contributed by atoms with van der Waals surface area (Å²) in [5.74, 6) is 1.44. The molecule has 2 aromatic rings. The molecule has 22 heavy (non-hydrogen) atoms. The maximum Gasteiger partial charge on any atom is 0.194 e. The first-order valence-electron chi connectivity index (χ1n) is 7.39. The van der Waals surface area contributed by atoms with Crippen molar-refractivity contribution in [1.29, 1.82) is 0 Å². The van der Waals surface area contributed by atoms with Crippen LogP contribution >= 0.6 is 0 Å². The molecule has 3 heteroatoms. The van der Waals surface area contributed by atoms with E-state index in [1.165, 1.54) is 0 Å². The van der Waals surface area contributed by atoms with Gasteiger partial charge in [-0.3, -0.25) is 0 Å². The fourth-order valence-electron chi connectivity index (χ4n) is 1.97. The molecule has 0 saturated heterocycles. The van der Waals surface area contributed by atoms with E-state index in [-0.39, 0.29) is 5.41 Å². The van der Waals surface area contributed by atoms with Crippen molar-refractivity contribution in [3.63, 3.8) is 0 Å². The van der Waals surface area contributed by atoms with E-state index < -0.39 is 0 Å². The Morgan fingerprint density at radius 3 is 2.23 bits per heavy atom.